The molecule has 0 saturated heterocycles. The molecule has 7 nitrogen and oxygen atoms in total. The molecule has 0 bridgehead atoms. The third-order valence-electron chi connectivity index (χ3n) is 3.93. The quantitative estimate of drug-likeness (QED) is 0.558. The Bertz CT molecular complexity index is 1110. The van der Waals surface area contributed by atoms with Crippen molar-refractivity contribution >= 4 is 27.8 Å². The van der Waals surface area contributed by atoms with E-state index >= 15 is 0 Å². The molecule has 0 saturated carbocycles. The monoisotopic (exact) mass is 338 g/mol. The fraction of sp³-hybridized carbons (Fsp3) is 0.118. The number of nitrogens with two attached hydrogens (primary N) is 1. The Hall–Kier alpha value is -3.42. The lowest BCUT2D eigenvalue weighted by Gasteiger charge is -2.04. The number of aryl methyl sites for hydroxylation is 1. The first-order valence-corrected chi connectivity index (χ1v) is 7.58. The Morgan fingerprint density at radius 1 is 1.36 bits per heavy atom. The van der Waals surface area contributed by atoms with Crippen LogP contribution in [0.15, 0.2) is 37.2 Å². The molecule has 0 amide bonds. The van der Waals surface area contributed by atoms with Gasteiger partial charge in [0.1, 0.15) is 24.4 Å². The summed E-state index contributed by atoms with van der Waals surface area (Å²) in [5, 5.41) is 5.83. The molecule has 0 unspecified atom stereocenters. The van der Waals surface area contributed by atoms with Crippen LogP contribution in [0.4, 0.5) is 10.2 Å². The molecule has 0 aliphatic rings. The Labute approximate surface area is 141 Å². The van der Waals surface area contributed by atoms with Gasteiger partial charge in [-0.05, 0) is 12.1 Å². The van der Waals surface area contributed by atoms with Crippen molar-refractivity contribution in [2.75, 3.05) is 12.3 Å². The molecule has 0 spiro atoms. The lowest BCUT2D eigenvalue weighted by atomic mass is 10.2. The van der Waals surface area contributed by atoms with Crippen molar-refractivity contribution in [3.05, 3.63) is 43.0 Å². The number of ether oxygens (including phenoxy) is 1. The van der Waals surface area contributed by atoms with Crippen LogP contribution in [0.3, 0.4) is 0 Å². The largest absolute Gasteiger partial charge is 0.486 e. The summed E-state index contributed by atoms with van der Waals surface area (Å²) >= 11 is 0. The van der Waals surface area contributed by atoms with Crippen LogP contribution >= 0.6 is 0 Å². The van der Waals surface area contributed by atoms with Crippen LogP contribution in [0.2, 0.25) is 0 Å². The van der Waals surface area contributed by atoms with Crippen molar-refractivity contribution in [1.29, 1.82) is 0 Å². The van der Waals surface area contributed by atoms with Crippen molar-refractivity contribution in [2.45, 2.75) is 0 Å². The van der Waals surface area contributed by atoms with E-state index in [1.165, 1.54) is 12.4 Å². The van der Waals surface area contributed by atoms with Gasteiger partial charge in [0.05, 0.1) is 11.1 Å². The number of H-pyrrole nitrogens is 1. The van der Waals surface area contributed by atoms with Gasteiger partial charge in [-0.2, -0.15) is 5.10 Å². The minimum Gasteiger partial charge on any atom is -0.486 e. The van der Waals surface area contributed by atoms with Crippen molar-refractivity contribution in [2.24, 2.45) is 7.05 Å². The van der Waals surface area contributed by atoms with Gasteiger partial charge < -0.3 is 15.5 Å². The van der Waals surface area contributed by atoms with Gasteiger partial charge in [0, 0.05) is 24.0 Å². The van der Waals surface area contributed by atoms with Gasteiger partial charge >= 0.3 is 0 Å². The number of nitrogens with zero attached hydrogens (tertiary/aromatic N) is 4. The molecule has 0 radical (unpaired) electrons. The molecular weight excluding hydrogens is 323 g/mol. The van der Waals surface area contributed by atoms with Crippen LogP contribution in [0, 0.1) is 5.82 Å². The van der Waals surface area contributed by atoms with Gasteiger partial charge in [-0.3, -0.25) is 0 Å². The van der Waals surface area contributed by atoms with Crippen molar-refractivity contribution in [3.63, 3.8) is 0 Å². The maximum absolute atomic E-state index is 14.1. The van der Waals surface area contributed by atoms with E-state index in [2.05, 4.69) is 26.6 Å². The maximum Gasteiger partial charge on any atom is 0.165 e. The summed E-state index contributed by atoms with van der Waals surface area (Å²) in [5.41, 5.74) is 8.66. The summed E-state index contributed by atoms with van der Waals surface area (Å²) < 4.78 is 21.1. The highest BCUT2D eigenvalue weighted by Gasteiger charge is 2.18. The first-order chi connectivity index (χ1) is 12.1. The third kappa shape index (κ3) is 2.38. The van der Waals surface area contributed by atoms with Gasteiger partial charge in [-0.15, -0.1) is 0 Å². The zero-order chi connectivity index (χ0) is 17.6. The van der Waals surface area contributed by atoms with Gasteiger partial charge in [0.25, 0.3) is 0 Å². The van der Waals surface area contributed by atoms with Crippen molar-refractivity contribution in [1.82, 2.24) is 24.7 Å². The number of rotatable bonds is 4. The molecule has 3 N–H and O–H groups in total. The first-order valence-electron chi connectivity index (χ1n) is 7.58. The third-order valence-corrected chi connectivity index (χ3v) is 3.93. The van der Waals surface area contributed by atoms with Gasteiger partial charge in [0.2, 0.25) is 0 Å². The van der Waals surface area contributed by atoms with Crippen LogP contribution in [0.5, 0.6) is 5.75 Å². The Morgan fingerprint density at radius 2 is 2.20 bits per heavy atom. The zero-order valence-corrected chi connectivity index (χ0v) is 13.5. The number of anilines is 1. The molecule has 25 heavy (non-hydrogen) atoms. The van der Waals surface area contributed by atoms with Crippen LogP contribution in [-0.2, 0) is 7.05 Å². The molecule has 126 valence electrons. The Morgan fingerprint density at radius 3 is 3.00 bits per heavy atom. The molecule has 1 aromatic carbocycles. The number of benzene rings is 1. The minimum absolute atomic E-state index is 0.162. The van der Waals surface area contributed by atoms with E-state index in [9.17, 15) is 4.39 Å². The van der Waals surface area contributed by atoms with E-state index in [0.717, 1.165) is 5.52 Å². The van der Waals surface area contributed by atoms with Crippen molar-refractivity contribution < 1.29 is 9.13 Å². The summed E-state index contributed by atoms with van der Waals surface area (Å²) in [7, 11) is 1.78. The highest BCUT2D eigenvalue weighted by Crippen LogP contribution is 2.33. The van der Waals surface area contributed by atoms with Crippen LogP contribution in [0.25, 0.3) is 33.3 Å². The Balaban J connectivity index is 1.89. The normalized spacial score (nSPS) is 11.3. The molecule has 4 aromatic rings. The number of aromatic nitrogens is 5. The minimum atomic E-state index is -0.436. The second-order valence-electron chi connectivity index (χ2n) is 5.58. The SMILES string of the molecule is C=CCOc1cc2[nH]c(-c3nn(C)c4ncnc(N)c34)cc2cc1F. The van der Waals surface area contributed by atoms with E-state index in [-0.39, 0.29) is 12.4 Å². The van der Waals surface area contributed by atoms with Crippen molar-refractivity contribution in [3.8, 4) is 17.1 Å². The van der Waals surface area contributed by atoms with Crippen LogP contribution < -0.4 is 10.5 Å². The maximum atomic E-state index is 14.1. The summed E-state index contributed by atoms with van der Waals surface area (Å²) in [4.78, 5) is 11.5. The summed E-state index contributed by atoms with van der Waals surface area (Å²) in [5.74, 6) is 0.0658. The average molecular weight is 338 g/mol. The molecule has 3 aromatic heterocycles. The predicted octanol–water partition coefficient (Wildman–Crippen LogP) is 2.80. The zero-order valence-electron chi connectivity index (χ0n) is 13.5. The lowest BCUT2D eigenvalue weighted by Crippen LogP contribution is -1.95. The topological polar surface area (TPSA) is 94.6 Å². The number of nitrogen functional groups attached to an aromatic ring is 1. The van der Waals surface area contributed by atoms with Gasteiger partial charge in [-0.25, -0.2) is 19.0 Å². The van der Waals surface area contributed by atoms with Crippen LogP contribution in [-0.4, -0.2) is 31.3 Å². The van der Waals surface area contributed by atoms with Gasteiger partial charge in [0.15, 0.2) is 17.2 Å². The molecule has 8 heteroatoms. The van der Waals surface area contributed by atoms with Gasteiger partial charge in [-0.1, -0.05) is 12.7 Å². The fourth-order valence-corrected chi connectivity index (χ4v) is 2.82. The molecule has 0 atom stereocenters. The number of fused-ring (bicyclic) bond motifs is 2. The highest BCUT2D eigenvalue weighted by molar-refractivity contribution is 5.99. The number of halogens is 1. The summed E-state index contributed by atoms with van der Waals surface area (Å²) in [6.45, 7) is 3.79. The predicted molar refractivity (Wildman–Crippen MR) is 93.7 cm³/mol. The second-order valence-corrected chi connectivity index (χ2v) is 5.58. The molecule has 0 aliphatic heterocycles. The van der Waals surface area contributed by atoms with E-state index in [0.29, 0.717) is 33.6 Å². The highest BCUT2D eigenvalue weighted by atomic mass is 19.1. The van der Waals surface area contributed by atoms with E-state index in [1.807, 2.05) is 6.07 Å². The smallest absolute Gasteiger partial charge is 0.165 e. The van der Waals surface area contributed by atoms with E-state index < -0.39 is 5.82 Å². The number of nitrogens with one attached hydrogen (secondary N) is 1. The summed E-state index contributed by atoms with van der Waals surface area (Å²) in [6.07, 6.45) is 2.96. The van der Waals surface area contributed by atoms with E-state index in [4.69, 9.17) is 10.5 Å². The molecular formula is C17H15FN6O. The number of hydrogen-bond acceptors (Lipinski definition) is 5. The number of aromatic amines is 1. The van der Waals surface area contributed by atoms with E-state index in [1.54, 1.807) is 23.9 Å². The molecule has 0 aliphatic carbocycles. The second kappa shape index (κ2) is 5.59. The van der Waals surface area contributed by atoms with Crippen LogP contribution in [0.1, 0.15) is 0 Å². The molecule has 3 heterocycles. The molecule has 0 fully saturated rings. The standard InChI is InChI=1S/C17H15FN6O/c1-3-4-25-13-7-11-9(5-10(13)18)6-12(22-11)15-14-16(19)20-8-21-17(14)24(2)23-15/h3,5-8,22H,1,4H2,2H3,(H2,19,20,21). The first kappa shape index (κ1) is 15.1. The molecule has 4 rings (SSSR count). The fourth-order valence-electron chi connectivity index (χ4n) is 2.82. The Kier molecular flexibility index (Phi) is 3.38. The lowest BCUT2D eigenvalue weighted by molar-refractivity contribution is 0.342. The number of hydrogen-bond donors (Lipinski definition) is 2. The average Bonchev–Trinajstić information content (AvgIpc) is 3.14. The summed E-state index contributed by atoms with van der Waals surface area (Å²) in [6, 6.07) is 4.84.